The number of aryl methyl sites for hydroxylation is 1. The van der Waals surface area contributed by atoms with E-state index in [-0.39, 0.29) is 23.8 Å². The Morgan fingerprint density at radius 2 is 2.13 bits per heavy atom. The Balaban J connectivity index is 1.46. The highest BCUT2D eigenvalue weighted by molar-refractivity contribution is 7.99. The fraction of sp³-hybridized carbons (Fsp3) is 0.529. The first-order valence-electron chi connectivity index (χ1n) is 8.08. The SMILES string of the molecule is Cc1ccc(NC(=O)CC2CN[C@H](C(=O)N3CCSC3)C2)cc1. The van der Waals surface area contributed by atoms with E-state index in [0.717, 1.165) is 36.8 Å². The molecule has 2 amide bonds. The standard InChI is InChI=1S/C17H23N3O2S/c1-12-2-4-14(5-3-12)19-16(21)9-13-8-15(18-10-13)17(22)20-6-7-23-11-20/h2-5,13,15,18H,6-11H2,1H3,(H,19,21)/t13?,15-/m0/s1. The van der Waals surface area contributed by atoms with E-state index in [1.54, 1.807) is 11.8 Å². The maximum Gasteiger partial charge on any atom is 0.240 e. The van der Waals surface area contributed by atoms with Gasteiger partial charge in [0.25, 0.3) is 0 Å². The smallest absolute Gasteiger partial charge is 0.240 e. The van der Waals surface area contributed by atoms with Crippen molar-refractivity contribution in [2.24, 2.45) is 5.92 Å². The maximum absolute atomic E-state index is 12.4. The number of anilines is 1. The van der Waals surface area contributed by atoms with Crippen molar-refractivity contribution in [1.82, 2.24) is 10.2 Å². The Hall–Kier alpha value is -1.53. The molecule has 0 aliphatic carbocycles. The zero-order chi connectivity index (χ0) is 16.2. The molecule has 2 aliphatic rings. The molecule has 0 aromatic heterocycles. The van der Waals surface area contributed by atoms with Crippen molar-refractivity contribution in [2.75, 3.05) is 30.0 Å². The predicted octanol–water partition coefficient (Wildman–Crippen LogP) is 1.83. The lowest BCUT2D eigenvalue weighted by Gasteiger charge is -2.19. The molecule has 1 aromatic carbocycles. The molecule has 0 radical (unpaired) electrons. The van der Waals surface area contributed by atoms with Gasteiger partial charge in [-0.3, -0.25) is 9.59 Å². The average Bonchev–Trinajstić information content (AvgIpc) is 3.20. The van der Waals surface area contributed by atoms with Crippen LogP contribution in [0.3, 0.4) is 0 Å². The van der Waals surface area contributed by atoms with E-state index in [9.17, 15) is 9.59 Å². The van der Waals surface area contributed by atoms with Gasteiger partial charge in [0.15, 0.2) is 0 Å². The summed E-state index contributed by atoms with van der Waals surface area (Å²) in [5.41, 5.74) is 2.00. The van der Waals surface area contributed by atoms with Crippen molar-refractivity contribution < 1.29 is 9.59 Å². The molecule has 124 valence electrons. The Bertz CT molecular complexity index is 570. The summed E-state index contributed by atoms with van der Waals surface area (Å²) >= 11 is 1.80. The van der Waals surface area contributed by atoms with Crippen LogP contribution in [0, 0.1) is 12.8 Å². The van der Waals surface area contributed by atoms with E-state index in [1.807, 2.05) is 36.1 Å². The minimum Gasteiger partial charge on any atom is -0.331 e. The Morgan fingerprint density at radius 1 is 1.35 bits per heavy atom. The molecule has 2 saturated heterocycles. The van der Waals surface area contributed by atoms with Crippen molar-refractivity contribution in [1.29, 1.82) is 0 Å². The number of hydrogen-bond donors (Lipinski definition) is 2. The molecule has 2 atom stereocenters. The third-order valence-electron chi connectivity index (χ3n) is 4.39. The zero-order valence-electron chi connectivity index (χ0n) is 13.4. The molecular weight excluding hydrogens is 310 g/mol. The first-order chi connectivity index (χ1) is 11.1. The molecule has 1 unspecified atom stereocenters. The van der Waals surface area contributed by atoms with Crippen LogP contribution in [-0.2, 0) is 9.59 Å². The first kappa shape index (κ1) is 16.3. The molecule has 2 N–H and O–H groups in total. The van der Waals surface area contributed by atoms with E-state index in [0.29, 0.717) is 6.42 Å². The van der Waals surface area contributed by atoms with Gasteiger partial charge in [0.1, 0.15) is 0 Å². The second-order valence-electron chi connectivity index (χ2n) is 6.32. The van der Waals surface area contributed by atoms with Crippen molar-refractivity contribution in [2.45, 2.75) is 25.8 Å². The van der Waals surface area contributed by atoms with Crippen molar-refractivity contribution in [3.05, 3.63) is 29.8 Å². The summed E-state index contributed by atoms with van der Waals surface area (Å²) in [6.45, 7) is 3.60. The highest BCUT2D eigenvalue weighted by Crippen LogP contribution is 2.22. The molecule has 2 heterocycles. The second-order valence-corrected chi connectivity index (χ2v) is 7.39. The molecule has 0 saturated carbocycles. The van der Waals surface area contributed by atoms with Crippen LogP contribution in [-0.4, -0.2) is 47.5 Å². The Morgan fingerprint density at radius 3 is 2.83 bits per heavy atom. The molecule has 0 bridgehead atoms. The normalized spacial score (nSPS) is 24.0. The highest BCUT2D eigenvalue weighted by atomic mass is 32.2. The largest absolute Gasteiger partial charge is 0.331 e. The molecule has 23 heavy (non-hydrogen) atoms. The lowest BCUT2D eigenvalue weighted by atomic mass is 10.0. The van der Waals surface area contributed by atoms with Crippen LogP contribution in [0.2, 0.25) is 0 Å². The van der Waals surface area contributed by atoms with Crippen molar-refractivity contribution in [3.8, 4) is 0 Å². The number of hydrogen-bond acceptors (Lipinski definition) is 4. The van der Waals surface area contributed by atoms with Crippen LogP contribution < -0.4 is 10.6 Å². The minimum absolute atomic E-state index is 0.0190. The quantitative estimate of drug-likeness (QED) is 0.882. The highest BCUT2D eigenvalue weighted by Gasteiger charge is 2.34. The van der Waals surface area contributed by atoms with Gasteiger partial charge in [-0.05, 0) is 37.9 Å². The molecular formula is C17H23N3O2S. The van der Waals surface area contributed by atoms with Gasteiger partial charge in [-0.25, -0.2) is 0 Å². The number of nitrogens with one attached hydrogen (secondary N) is 2. The number of benzene rings is 1. The lowest BCUT2D eigenvalue weighted by Crippen LogP contribution is -2.42. The summed E-state index contributed by atoms with van der Waals surface area (Å²) < 4.78 is 0. The summed E-state index contributed by atoms with van der Waals surface area (Å²) in [6, 6.07) is 7.67. The van der Waals surface area contributed by atoms with Gasteiger partial charge in [0.05, 0.1) is 11.9 Å². The molecule has 5 nitrogen and oxygen atoms in total. The van der Waals surface area contributed by atoms with E-state index >= 15 is 0 Å². The van der Waals surface area contributed by atoms with Crippen molar-refractivity contribution >= 4 is 29.3 Å². The topological polar surface area (TPSA) is 61.4 Å². The van der Waals surface area contributed by atoms with E-state index < -0.39 is 0 Å². The number of thioether (sulfide) groups is 1. The van der Waals surface area contributed by atoms with E-state index in [1.165, 1.54) is 5.56 Å². The minimum atomic E-state index is -0.120. The number of nitrogens with zero attached hydrogens (tertiary/aromatic N) is 1. The summed E-state index contributed by atoms with van der Waals surface area (Å²) in [5, 5.41) is 6.21. The van der Waals surface area contributed by atoms with E-state index in [4.69, 9.17) is 0 Å². The molecule has 0 spiro atoms. The van der Waals surface area contributed by atoms with Gasteiger partial charge in [-0.1, -0.05) is 17.7 Å². The van der Waals surface area contributed by atoms with Crippen LogP contribution in [0.15, 0.2) is 24.3 Å². The maximum atomic E-state index is 12.4. The Labute approximate surface area is 141 Å². The van der Waals surface area contributed by atoms with Gasteiger partial charge in [0.2, 0.25) is 11.8 Å². The predicted molar refractivity (Wildman–Crippen MR) is 93.4 cm³/mol. The number of rotatable bonds is 4. The molecule has 1 aromatic rings. The van der Waals surface area contributed by atoms with Gasteiger partial charge < -0.3 is 15.5 Å². The fourth-order valence-electron chi connectivity index (χ4n) is 3.07. The summed E-state index contributed by atoms with van der Waals surface area (Å²) in [4.78, 5) is 26.4. The fourth-order valence-corrected chi connectivity index (χ4v) is 4.03. The number of carbonyl (C=O) groups is 2. The second kappa shape index (κ2) is 7.36. The summed E-state index contributed by atoms with van der Waals surface area (Å²) in [5.74, 6) is 2.27. The molecule has 2 fully saturated rings. The van der Waals surface area contributed by atoms with Crippen LogP contribution in [0.1, 0.15) is 18.4 Å². The monoisotopic (exact) mass is 333 g/mol. The van der Waals surface area contributed by atoms with E-state index in [2.05, 4.69) is 10.6 Å². The van der Waals surface area contributed by atoms with Crippen LogP contribution in [0.5, 0.6) is 0 Å². The van der Waals surface area contributed by atoms with Gasteiger partial charge in [0, 0.05) is 24.4 Å². The van der Waals surface area contributed by atoms with Gasteiger partial charge in [-0.2, -0.15) is 0 Å². The molecule has 6 heteroatoms. The number of carbonyl (C=O) groups excluding carboxylic acids is 2. The van der Waals surface area contributed by atoms with Gasteiger partial charge >= 0.3 is 0 Å². The summed E-state index contributed by atoms with van der Waals surface area (Å²) in [6.07, 6.45) is 1.21. The Kier molecular flexibility index (Phi) is 5.23. The van der Waals surface area contributed by atoms with Crippen LogP contribution >= 0.6 is 11.8 Å². The van der Waals surface area contributed by atoms with Crippen LogP contribution in [0.4, 0.5) is 5.69 Å². The third kappa shape index (κ3) is 4.26. The first-order valence-corrected chi connectivity index (χ1v) is 9.24. The number of amides is 2. The van der Waals surface area contributed by atoms with Gasteiger partial charge in [-0.15, -0.1) is 11.8 Å². The third-order valence-corrected chi connectivity index (χ3v) is 5.36. The summed E-state index contributed by atoms with van der Waals surface area (Å²) in [7, 11) is 0. The zero-order valence-corrected chi connectivity index (χ0v) is 14.2. The van der Waals surface area contributed by atoms with Crippen LogP contribution in [0.25, 0.3) is 0 Å². The molecule has 3 rings (SSSR count). The lowest BCUT2D eigenvalue weighted by molar-refractivity contribution is -0.131. The van der Waals surface area contributed by atoms with Crippen molar-refractivity contribution in [3.63, 3.8) is 0 Å². The molecule has 2 aliphatic heterocycles. The average molecular weight is 333 g/mol.